The van der Waals surface area contributed by atoms with Crippen molar-refractivity contribution in [2.75, 3.05) is 14.2 Å². The molecule has 0 aliphatic heterocycles. The molecule has 27 heavy (non-hydrogen) atoms. The van der Waals surface area contributed by atoms with Crippen LogP contribution in [0.15, 0.2) is 65.3 Å². The number of nitrogens with zero attached hydrogens (tertiary/aromatic N) is 3. The maximum atomic E-state index is 5.54. The Morgan fingerprint density at radius 3 is 2.52 bits per heavy atom. The van der Waals surface area contributed by atoms with Crippen LogP contribution in [-0.2, 0) is 11.3 Å². The molecule has 0 aliphatic rings. The SMILES string of the molecule is COCc1nn2c(-c3ccccc3OC)ccnc2c1-c1ccc(Br)cc1. The van der Waals surface area contributed by atoms with Gasteiger partial charge in [-0.15, -0.1) is 0 Å². The van der Waals surface area contributed by atoms with Gasteiger partial charge in [0.15, 0.2) is 5.65 Å². The summed E-state index contributed by atoms with van der Waals surface area (Å²) in [6.45, 7) is 0.403. The summed E-state index contributed by atoms with van der Waals surface area (Å²) in [4.78, 5) is 4.62. The number of para-hydroxylation sites is 1. The van der Waals surface area contributed by atoms with E-state index in [1.807, 2.05) is 47.0 Å². The summed E-state index contributed by atoms with van der Waals surface area (Å²) in [6.07, 6.45) is 1.80. The lowest BCUT2D eigenvalue weighted by molar-refractivity contribution is 0.181. The van der Waals surface area contributed by atoms with Crippen LogP contribution < -0.4 is 4.74 Å². The molecule has 0 saturated carbocycles. The Kier molecular flexibility index (Phi) is 4.92. The molecule has 4 aromatic rings. The molecule has 0 N–H and O–H groups in total. The van der Waals surface area contributed by atoms with E-state index in [0.717, 1.165) is 43.9 Å². The van der Waals surface area contributed by atoms with Gasteiger partial charge in [0, 0.05) is 23.3 Å². The normalized spacial score (nSPS) is 11.1. The van der Waals surface area contributed by atoms with Gasteiger partial charge in [-0.2, -0.15) is 5.10 Å². The summed E-state index contributed by atoms with van der Waals surface area (Å²) in [5.74, 6) is 0.791. The molecule has 4 rings (SSSR count). The van der Waals surface area contributed by atoms with Crippen LogP contribution >= 0.6 is 15.9 Å². The van der Waals surface area contributed by atoms with Crippen molar-refractivity contribution in [3.8, 4) is 28.1 Å². The maximum Gasteiger partial charge on any atom is 0.163 e. The number of hydrogen-bond donors (Lipinski definition) is 0. The maximum absolute atomic E-state index is 5.54. The molecule has 0 fully saturated rings. The van der Waals surface area contributed by atoms with Gasteiger partial charge in [0.25, 0.3) is 0 Å². The van der Waals surface area contributed by atoms with Crippen molar-refractivity contribution < 1.29 is 9.47 Å². The topological polar surface area (TPSA) is 48.7 Å². The van der Waals surface area contributed by atoms with E-state index in [-0.39, 0.29) is 0 Å². The molecule has 5 nitrogen and oxygen atoms in total. The minimum atomic E-state index is 0.403. The lowest BCUT2D eigenvalue weighted by atomic mass is 10.1. The number of benzene rings is 2. The van der Waals surface area contributed by atoms with Crippen LogP contribution in [0.4, 0.5) is 0 Å². The average Bonchev–Trinajstić information content (AvgIpc) is 3.07. The van der Waals surface area contributed by atoms with Crippen LogP contribution in [0.3, 0.4) is 0 Å². The number of methoxy groups -OCH3 is 2. The number of halogens is 1. The molecule has 0 atom stereocenters. The molecule has 136 valence electrons. The predicted molar refractivity (Wildman–Crippen MR) is 109 cm³/mol. The van der Waals surface area contributed by atoms with Crippen LogP contribution in [0.5, 0.6) is 5.75 Å². The highest BCUT2D eigenvalue weighted by Crippen LogP contribution is 2.34. The van der Waals surface area contributed by atoms with Crippen molar-refractivity contribution >= 4 is 21.6 Å². The molecule has 0 amide bonds. The van der Waals surface area contributed by atoms with Crippen molar-refractivity contribution in [3.05, 3.63) is 71.0 Å². The monoisotopic (exact) mass is 423 g/mol. The Morgan fingerprint density at radius 2 is 1.78 bits per heavy atom. The Labute approximate surface area is 165 Å². The Bertz CT molecular complexity index is 1090. The summed E-state index contributed by atoms with van der Waals surface area (Å²) < 4.78 is 13.8. The second-order valence-electron chi connectivity index (χ2n) is 6.03. The molecule has 2 aromatic carbocycles. The third kappa shape index (κ3) is 3.22. The lowest BCUT2D eigenvalue weighted by Gasteiger charge is -2.09. The van der Waals surface area contributed by atoms with Gasteiger partial charge in [0.05, 0.1) is 30.7 Å². The molecule has 0 spiro atoms. The van der Waals surface area contributed by atoms with E-state index in [1.165, 1.54) is 0 Å². The van der Waals surface area contributed by atoms with Crippen LogP contribution in [0.2, 0.25) is 0 Å². The molecule has 6 heteroatoms. The molecule has 0 aliphatic carbocycles. The van der Waals surface area contributed by atoms with E-state index >= 15 is 0 Å². The van der Waals surface area contributed by atoms with Gasteiger partial charge in [-0.3, -0.25) is 0 Å². The van der Waals surface area contributed by atoms with Gasteiger partial charge >= 0.3 is 0 Å². The highest BCUT2D eigenvalue weighted by atomic mass is 79.9. The minimum Gasteiger partial charge on any atom is -0.496 e. The van der Waals surface area contributed by atoms with Gasteiger partial charge in [-0.05, 0) is 35.9 Å². The number of fused-ring (bicyclic) bond motifs is 1. The Balaban J connectivity index is 2.00. The highest BCUT2D eigenvalue weighted by Gasteiger charge is 2.19. The van der Waals surface area contributed by atoms with Gasteiger partial charge < -0.3 is 9.47 Å². The second-order valence-corrected chi connectivity index (χ2v) is 6.94. The fraction of sp³-hybridized carbons (Fsp3) is 0.143. The van der Waals surface area contributed by atoms with Gasteiger partial charge in [0.1, 0.15) is 5.75 Å². The summed E-state index contributed by atoms with van der Waals surface area (Å²) in [5, 5.41) is 4.81. The number of aromatic nitrogens is 3. The zero-order valence-corrected chi connectivity index (χ0v) is 16.6. The van der Waals surface area contributed by atoms with E-state index in [0.29, 0.717) is 6.61 Å². The van der Waals surface area contributed by atoms with E-state index < -0.39 is 0 Å². The molecule has 2 aromatic heterocycles. The molecular weight excluding hydrogens is 406 g/mol. The van der Waals surface area contributed by atoms with E-state index in [9.17, 15) is 0 Å². The first-order chi connectivity index (χ1) is 13.2. The second kappa shape index (κ2) is 7.50. The quantitative estimate of drug-likeness (QED) is 0.454. The van der Waals surface area contributed by atoms with Gasteiger partial charge in [0.2, 0.25) is 0 Å². The highest BCUT2D eigenvalue weighted by molar-refractivity contribution is 9.10. The van der Waals surface area contributed by atoms with E-state index in [4.69, 9.17) is 14.6 Å². The first kappa shape index (κ1) is 17.7. The minimum absolute atomic E-state index is 0.403. The van der Waals surface area contributed by atoms with Crippen molar-refractivity contribution in [3.63, 3.8) is 0 Å². The van der Waals surface area contributed by atoms with Crippen LogP contribution in [0, 0.1) is 0 Å². The first-order valence-corrected chi connectivity index (χ1v) is 9.27. The van der Waals surface area contributed by atoms with Crippen LogP contribution in [-0.4, -0.2) is 28.8 Å². The van der Waals surface area contributed by atoms with E-state index in [1.54, 1.807) is 20.4 Å². The van der Waals surface area contributed by atoms with Gasteiger partial charge in [-0.1, -0.05) is 40.2 Å². The first-order valence-electron chi connectivity index (χ1n) is 8.48. The Hall–Kier alpha value is -2.70. The largest absolute Gasteiger partial charge is 0.496 e. The summed E-state index contributed by atoms with van der Waals surface area (Å²) in [5.41, 5.74) is 5.52. The average molecular weight is 424 g/mol. The van der Waals surface area contributed by atoms with Crippen molar-refractivity contribution in [2.24, 2.45) is 0 Å². The number of ether oxygens (including phenoxy) is 2. The molecule has 0 bridgehead atoms. The van der Waals surface area contributed by atoms with Crippen molar-refractivity contribution in [2.45, 2.75) is 6.61 Å². The standard InChI is InChI=1S/C21H18BrN3O2/c1-26-13-17-20(14-7-9-15(22)10-8-14)21-23-12-11-18(25(21)24-17)16-5-3-4-6-19(16)27-2/h3-12H,13H2,1-2H3. The summed E-state index contributed by atoms with van der Waals surface area (Å²) >= 11 is 3.49. The zero-order valence-electron chi connectivity index (χ0n) is 15.0. The number of rotatable bonds is 5. The third-order valence-corrected chi connectivity index (χ3v) is 4.92. The fourth-order valence-electron chi connectivity index (χ4n) is 3.20. The molecular formula is C21H18BrN3O2. The van der Waals surface area contributed by atoms with E-state index in [2.05, 4.69) is 33.0 Å². The predicted octanol–water partition coefficient (Wildman–Crippen LogP) is 4.98. The zero-order chi connectivity index (χ0) is 18.8. The molecule has 0 unspecified atom stereocenters. The third-order valence-electron chi connectivity index (χ3n) is 4.39. The molecule has 0 saturated heterocycles. The smallest absolute Gasteiger partial charge is 0.163 e. The summed E-state index contributed by atoms with van der Waals surface area (Å²) in [7, 11) is 3.34. The number of hydrogen-bond acceptors (Lipinski definition) is 4. The molecule has 2 heterocycles. The van der Waals surface area contributed by atoms with Crippen molar-refractivity contribution in [1.29, 1.82) is 0 Å². The van der Waals surface area contributed by atoms with Crippen LogP contribution in [0.1, 0.15) is 5.69 Å². The summed E-state index contributed by atoms with van der Waals surface area (Å²) in [6, 6.07) is 18.0. The van der Waals surface area contributed by atoms with Gasteiger partial charge in [-0.25, -0.2) is 9.50 Å². The molecule has 0 radical (unpaired) electrons. The van der Waals surface area contributed by atoms with Crippen molar-refractivity contribution in [1.82, 2.24) is 14.6 Å². The lowest BCUT2D eigenvalue weighted by Crippen LogP contribution is -1.98. The van der Waals surface area contributed by atoms with Crippen LogP contribution in [0.25, 0.3) is 28.0 Å². The Morgan fingerprint density at radius 1 is 1.00 bits per heavy atom. The fourth-order valence-corrected chi connectivity index (χ4v) is 3.46.